The molecule has 2 atom stereocenters. The predicted octanol–water partition coefficient (Wildman–Crippen LogP) is 9.88. The van der Waals surface area contributed by atoms with Crippen molar-refractivity contribution in [1.29, 1.82) is 0 Å². The fourth-order valence-corrected chi connectivity index (χ4v) is 6.02. The summed E-state index contributed by atoms with van der Waals surface area (Å²) >= 11 is 0. The van der Waals surface area contributed by atoms with Gasteiger partial charge in [0.2, 0.25) is 5.91 Å². The van der Waals surface area contributed by atoms with Gasteiger partial charge in [-0.05, 0) is 32.1 Å². The summed E-state index contributed by atoms with van der Waals surface area (Å²) in [6.07, 6.45) is 32.9. The molecule has 1 amide bonds. The summed E-state index contributed by atoms with van der Waals surface area (Å²) in [5.41, 5.74) is 0. The highest BCUT2D eigenvalue weighted by atomic mass is 31.2. The number of allylic oxidation sites excluding steroid dienone is 2. The molecule has 0 aliphatic heterocycles. The number of carbonyl (C=O) groups is 2. The van der Waals surface area contributed by atoms with Crippen LogP contribution in [0.3, 0.4) is 0 Å². The SMILES string of the molecule is CCC/C=C\CCCCCCCC(=O)NCCOP(=O)(O)OCC(O)COC(=O)CCCCCCCCCCCCCCCCCC. The maximum atomic E-state index is 12.0. The summed E-state index contributed by atoms with van der Waals surface area (Å²) in [5, 5.41) is 12.6. The Kier molecular flexibility index (Phi) is 33.7. The van der Waals surface area contributed by atoms with Gasteiger partial charge in [0.05, 0.1) is 13.2 Å². The molecule has 0 saturated carbocycles. The molecule has 0 rings (SSSR count). The third kappa shape index (κ3) is 35.9. The normalized spacial score (nSPS) is 13.5. The molecule has 0 heterocycles. The van der Waals surface area contributed by atoms with E-state index in [9.17, 15) is 24.2 Å². The Morgan fingerprint density at radius 3 is 1.68 bits per heavy atom. The first-order valence-corrected chi connectivity index (χ1v) is 20.7. The number of rotatable bonds is 36. The monoisotopic (exact) mass is 689 g/mol. The van der Waals surface area contributed by atoms with Crippen LogP contribution < -0.4 is 5.32 Å². The van der Waals surface area contributed by atoms with Crippen LogP contribution in [0.15, 0.2) is 12.2 Å². The second kappa shape index (κ2) is 34.6. The molecule has 0 radical (unpaired) electrons. The van der Waals surface area contributed by atoms with Crippen molar-refractivity contribution in [3.05, 3.63) is 12.2 Å². The number of aliphatic hydroxyl groups excluding tert-OH is 1. The summed E-state index contributed by atoms with van der Waals surface area (Å²) in [4.78, 5) is 33.7. The number of phosphoric acid groups is 1. The quantitative estimate of drug-likeness (QED) is 0.0256. The zero-order chi connectivity index (χ0) is 34.7. The van der Waals surface area contributed by atoms with Gasteiger partial charge in [0.1, 0.15) is 12.7 Å². The number of carbonyl (C=O) groups excluding carboxylic acids is 2. The number of esters is 1. The van der Waals surface area contributed by atoms with Crippen LogP contribution in [0.25, 0.3) is 0 Å². The summed E-state index contributed by atoms with van der Waals surface area (Å²) < 4.78 is 26.7. The maximum absolute atomic E-state index is 12.0. The number of unbranched alkanes of at least 4 members (excludes halogenated alkanes) is 21. The molecule has 9 nitrogen and oxygen atoms in total. The minimum Gasteiger partial charge on any atom is -0.463 e. The van der Waals surface area contributed by atoms with E-state index in [1.54, 1.807) is 0 Å². The largest absolute Gasteiger partial charge is 0.472 e. The van der Waals surface area contributed by atoms with Crippen LogP contribution in [0.4, 0.5) is 0 Å². The Morgan fingerprint density at radius 1 is 0.638 bits per heavy atom. The van der Waals surface area contributed by atoms with Crippen LogP contribution >= 0.6 is 7.82 Å². The third-order valence-corrected chi connectivity index (χ3v) is 9.16. The second-order valence-corrected chi connectivity index (χ2v) is 14.4. The smallest absolute Gasteiger partial charge is 0.463 e. The van der Waals surface area contributed by atoms with Crippen molar-refractivity contribution in [1.82, 2.24) is 5.32 Å². The van der Waals surface area contributed by atoms with Gasteiger partial charge in [0.15, 0.2) is 0 Å². The molecule has 278 valence electrons. The van der Waals surface area contributed by atoms with Gasteiger partial charge in [-0.15, -0.1) is 0 Å². The van der Waals surface area contributed by atoms with Crippen molar-refractivity contribution in [2.24, 2.45) is 0 Å². The lowest BCUT2D eigenvalue weighted by Crippen LogP contribution is -2.27. The molecule has 2 unspecified atom stereocenters. The van der Waals surface area contributed by atoms with Crippen molar-refractivity contribution >= 4 is 19.7 Å². The van der Waals surface area contributed by atoms with Crippen molar-refractivity contribution < 1.29 is 37.9 Å². The van der Waals surface area contributed by atoms with Gasteiger partial charge in [0, 0.05) is 19.4 Å². The van der Waals surface area contributed by atoms with Crippen molar-refractivity contribution in [3.8, 4) is 0 Å². The Bertz CT molecular complexity index is 794. The minimum absolute atomic E-state index is 0.0797. The van der Waals surface area contributed by atoms with Gasteiger partial charge in [-0.3, -0.25) is 18.6 Å². The minimum atomic E-state index is -4.40. The number of nitrogens with one attached hydrogen (secondary N) is 1. The molecule has 0 spiro atoms. The first-order chi connectivity index (χ1) is 22.8. The van der Waals surface area contributed by atoms with Crippen LogP contribution in [0.1, 0.15) is 181 Å². The van der Waals surface area contributed by atoms with Gasteiger partial charge >= 0.3 is 13.8 Å². The standard InChI is InChI=1S/C37H72NO8P/c1-3-5-7-9-11-13-15-16-17-18-19-20-22-24-26-28-30-37(41)44-33-35(39)34-46-47(42,43)45-32-31-38-36(40)29-27-25-23-21-14-12-10-8-6-4-2/h8,10,35,39H,3-7,9,11-34H2,1-2H3,(H,38,40)(H,42,43)/b10-8-. The van der Waals surface area contributed by atoms with Gasteiger partial charge in [-0.1, -0.05) is 148 Å². The molecule has 0 aliphatic carbocycles. The van der Waals surface area contributed by atoms with E-state index in [1.807, 2.05) is 0 Å². The highest BCUT2D eigenvalue weighted by Crippen LogP contribution is 2.42. The molecule has 0 fully saturated rings. The van der Waals surface area contributed by atoms with Crippen LogP contribution in [-0.4, -0.2) is 54.3 Å². The van der Waals surface area contributed by atoms with E-state index in [2.05, 4.69) is 31.3 Å². The van der Waals surface area contributed by atoms with Crippen LogP contribution in [0.5, 0.6) is 0 Å². The summed E-state index contributed by atoms with van der Waals surface area (Å²) in [6.45, 7) is 3.48. The molecule has 47 heavy (non-hydrogen) atoms. The fourth-order valence-electron chi connectivity index (χ4n) is 5.26. The lowest BCUT2D eigenvalue weighted by atomic mass is 10.0. The van der Waals surface area contributed by atoms with E-state index in [-0.39, 0.29) is 32.1 Å². The molecule has 0 aliphatic rings. The second-order valence-electron chi connectivity index (χ2n) is 12.9. The average molecular weight is 690 g/mol. The summed E-state index contributed by atoms with van der Waals surface area (Å²) in [7, 11) is -4.40. The number of aliphatic hydroxyl groups is 1. The Hall–Kier alpha value is -1.25. The topological polar surface area (TPSA) is 131 Å². The first kappa shape index (κ1) is 45.8. The highest BCUT2D eigenvalue weighted by molar-refractivity contribution is 7.47. The molecule has 3 N–H and O–H groups in total. The van der Waals surface area contributed by atoms with E-state index >= 15 is 0 Å². The molecule has 0 saturated heterocycles. The van der Waals surface area contributed by atoms with Gasteiger partial charge < -0.3 is 20.1 Å². The molecule has 10 heteroatoms. The number of phosphoric ester groups is 1. The van der Waals surface area contributed by atoms with Crippen LogP contribution in [-0.2, 0) is 27.9 Å². The number of hydrogen-bond acceptors (Lipinski definition) is 7. The van der Waals surface area contributed by atoms with E-state index in [4.69, 9.17) is 13.8 Å². The van der Waals surface area contributed by atoms with E-state index in [0.29, 0.717) is 6.42 Å². The number of amides is 1. The van der Waals surface area contributed by atoms with Crippen molar-refractivity contribution in [3.63, 3.8) is 0 Å². The zero-order valence-electron chi connectivity index (χ0n) is 30.2. The first-order valence-electron chi connectivity index (χ1n) is 19.2. The third-order valence-electron chi connectivity index (χ3n) is 8.18. The summed E-state index contributed by atoms with van der Waals surface area (Å²) in [5.74, 6) is -0.523. The molecular weight excluding hydrogens is 617 g/mol. The zero-order valence-corrected chi connectivity index (χ0v) is 31.1. The van der Waals surface area contributed by atoms with Crippen molar-refractivity contribution in [2.75, 3.05) is 26.4 Å². The number of hydrogen-bond donors (Lipinski definition) is 3. The van der Waals surface area contributed by atoms with Gasteiger partial charge in [-0.2, -0.15) is 0 Å². The van der Waals surface area contributed by atoms with E-state index < -0.39 is 26.5 Å². The molecule has 0 aromatic heterocycles. The van der Waals surface area contributed by atoms with Crippen molar-refractivity contribution in [2.45, 2.75) is 187 Å². The lowest BCUT2D eigenvalue weighted by Gasteiger charge is -2.15. The highest BCUT2D eigenvalue weighted by Gasteiger charge is 2.23. The van der Waals surface area contributed by atoms with E-state index in [0.717, 1.165) is 57.8 Å². The summed E-state index contributed by atoms with van der Waals surface area (Å²) in [6, 6.07) is 0. The fraction of sp³-hybridized carbons (Fsp3) is 0.892. The van der Waals surface area contributed by atoms with Gasteiger partial charge in [-0.25, -0.2) is 4.57 Å². The molecular formula is C37H72NO8P. The van der Waals surface area contributed by atoms with Crippen LogP contribution in [0, 0.1) is 0 Å². The number of ether oxygens (including phenoxy) is 1. The molecule has 0 aromatic carbocycles. The van der Waals surface area contributed by atoms with E-state index in [1.165, 1.54) is 96.3 Å². The molecule has 0 bridgehead atoms. The Morgan fingerprint density at radius 2 is 1.13 bits per heavy atom. The average Bonchev–Trinajstić information content (AvgIpc) is 3.05. The van der Waals surface area contributed by atoms with Crippen LogP contribution in [0.2, 0.25) is 0 Å². The van der Waals surface area contributed by atoms with Gasteiger partial charge in [0.25, 0.3) is 0 Å². The Labute approximate surface area is 288 Å². The molecule has 0 aromatic rings. The lowest BCUT2D eigenvalue weighted by molar-refractivity contribution is -0.147. The predicted molar refractivity (Wildman–Crippen MR) is 192 cm³/mol. The Balaban J connectivity index is 3.59. The maximum Gasteiger partial charge on any atom is 0.472 e.